The van der Waals surface area contributed by atoms with E-state index >= 15 is 0 Å². The number of halogens is 1. The number of anilines is 1. The van der Waals surface area contributed by atoms with Crippen molar-refractivity contribution < 1.29 is 9.59 Å². The molecule has 1 aromatic rings. The van der Waals surface area contributed by atoms with E-state index < -0.39 is 6.04 Å². The highest BCUT2D eigenvalue weighted by Crippen LogP contribution is 2.10. The fourth-order valence-electron chi connectivity index (χ4n) is 2.48. The second kappa shape index (κ2) is 9.30. The van der Waals surface area contributed by atoms with Crippen molar-refractivity contribution >= 4 is 29.9 Å². The number of benzene rings is 1. The van der Waals surface area contributed by atoms with Crippen LogP contribution in [0, 0.1) is 0 Å². The van der Waals surface area contributed by atoms with Gasteiger partial charge in [-0.2, -0.15) is 0 Å². The molecule has 1 atom stereocenters. The molecule has 22 heavy (non-hydrogen) atoms. The summed E-state index contributed by atoms with van der Waals surface area (Å²) in [6, 6.07) is 9.06. The van der Waals surface area contributed by atoms with Gasteiger partial charge >= 0.3 is 0 Å². The molecule has 6 heteroatoms. The zero-order valence-corrected chi connectivity index (χ0v) is 13.7. The highest BCUT2D eigenvalue weighted by molar-refractivity contribution is 5.89. The number of piperidine rings is 1. The van der Waals surface area contributed by atoms with Crippen molar-refractivity contribution in [3.05, 3.63) is 30.3 Å². The SMILES string of the molecule is CC(NC(=O)CNc1ccccc1)C(=O)N1CCCCC1.Cl. The summed E-state index contributed by atoms with van der Waals surface area (Å²) in [7, 11) is 0. The monoisotopic (exact) mass is 325 g/mol. The lowest BCUT2D eigenvalue weighted by molar-refractivity contribution is -0.136. The van der Waals surface area contributed by atoms with Crippen LogP contribution in [0.5, 0.6) is 0 Å². The lowest BCUT2D eigenvalue weighted by Crippen LogP contribution is -2.49. The molecule has 1 aromatic carbocycles. The summed E-state index contributed by atoms with van der Waals surface area (Å²) in [4.78, 5) is 25.9. The Morgan fingerprint density at radius 3 is 2.41 bits per heavy atom. The highest BCUT2D eigenvalue weighted by atomic mass is 35.5. The number of likely N-dealkylation sites (tertiary alicyclic amines) is 1. The first-order chi connectivity index (χ1) is 10.2. The average molecular weight is 326 g/mol. The van der Waals surface area contributed by atoms with Crippen LogP contribution in [0.15, 0.2) is 30.3 Å². The molecule has 1 aliphatic heterocycles. The Morgan fingerprint density at radius 1 is 1.14 bits per heavy atom. The van der Waals surface area contributed by atoms with E-state index in [9.17, 15) is 9.59 Å². The Hall–Kier alpha value is -1.75. The molecule has 1 heterocycles. The summed E-state index contributed by atoms with van der Waals surface area (Å²) in [6.45, 7) is 3.53. The van der Waals surface area contributed by atoms with Gasteiger partial charge in [0.05, 0.1) is 6.54 Å². The van der Waals surface area contributed by atoms with Crippen molar-refractivity contribution in [2.45, 2.75) is 32.2 Å². The molecule has 1 saturated heterocycles. The van der Waals surface area contributed by atoms with Gasteiger partial charge in [-0.05, 0) is 38.3 Å². The summed E-state index contributed by atoms with van der Waals surface area (Å²) >= 11 is 0. The van der Waals surface area contributed by atoms with Crippen LogP contribution < -0.4 is 10.6 Å². The molecule has 1 unspecified atom stereocenters. The minimum Gasteiger partial charge on any atom is -0.376 e. The molecule has 1 aliphatic rings. The maximum atomic E-state index is 12.2. The van der Waals surface area contributed by atoms with Crippen molar-refractivity contribution in [2.24, 2.45) is 0 Å². The maximum absolute atomic E-state index is 12.2. The molecular weight excluding hydrogens is 302 g/mol. The second-order valence-corrected chi connectivity index (χ2v) is 5.39. The summed E-state index contributed by atoms with van der Waals surface area (Å²) in [6.07, 6.45) is 3.30. The molecule has 122 valence electrons. The van der Waals surface area contributed by atoms with Crippen molar-refractivity contribution in [3.63, 3.8) is 0 Å². The van der Waals surface area contributed by atoms with Crippen molar-refractivity contribution in [1.82, 2.24) is 10.2 Å². The minimum absolute atomic E-state index is 0. The molecule has 0 bridgehead atoms. The first-order valence-electron chi connectivity index (χ1n) is 7.54. The standard InChI is InChI=1S/C16H23N3O2.ClH/c1-13(16(21)19-10-6-3-7-11-19)18-15(20)12-17-14-8-4-2-5-9-14;/h2,4-5,8-9,13,17H,3,6-7,10-12H2,1H3,(H,18,20);1H. The van der Waals surface area contributed by atoms with Gasteiger partial charge in [-0.15, -0.1) is 12.4 Å². The smallest absolute Gasteiger partial charge is 0.244 e. The van der Waals surface area contributed by atoms with Gasteiger partial charge in [0.25, 0.3) is 0 Å². The van der Waals surface area contributed by atoms with Gasteiger partial charge in [0, 0.05) is 18.8 Å². The highest BCUT2D eigenvalue weighted by Gasteiger charge is 2.23. The summed E-state index contributed by atoms with van der Waals surface area (Å²) in [5.74, 6) is -0.153. The summed E-state index contributed by atoms with van der Waals surface area (Å²) in [5, 5.41) is 5.79. The average Bonchev–Trinajstić information content (AvgIpc) is 2.54. The quantitative estimate of drug-likeness (QED) is 0.871. The van der Waals surface area contributed by atoms with Gasteiger partial charge in [-0.1, -0.05) is 18.2 Å². The van der Waals surface area contributed by atoms with Crippen LogP contribution in [0.4, 0.5) is 5.69 Å². The van der Waals surface area contributed by atoms with Crippen LogP contribution >= 0.6 is 12.4 Å². The zero-order chi connectivity index (χ0) is 15.1. The molecule has 2 rings (SSSR count). The third kappa shape index (κ3) is 5.56. The van der Waals surface area contributed by atoms with Crippen LogP contribution in [-0.2, 0) is 9.59 Å². The minimum atomic E-state index is -0.465. The molecule has 1 fully saturated rings. The van der Waals surface area contributed by atoms with Gasteiger partial charge in [0.1, 0.15) is 6.04 Å². The maximum Gasteiger partial charge on any atom is 0.244 e. The fraction of sp³-hybridized carbons (Fsp3) is 0.500. The van der Waals surface area contributed by atoms with Crippen molar-refractivity contribution in [3.8, 4) is 0 Å². The summed E-state index contributed by atoms with van der Waals surface area (Å²) < 4.78 is 0. The largest absolute Gasteiger partial charge is 0.376 e. The van der Waals surface area contributed by atoms with Gasteiger partial charge in [-0.25, -0.2) is 0 Å². The Morgan fingerprint density at radius 2 is 1.77 bits per heavy atom. The molecule has 0 saturated carbocycles. The number of nitrogens with zero attached hydrogens (tertiary/aromatic N) is 1. The molecule has 2 amide bonds. The van der Waals surface area contributed by atoms with Crippen molar-refractivity contribution in [2.75, 3.05) is 25.0 Å². The molecule has 0 spiro atoms. The first-order valence-corrected chi connectivity index (χ1v) is 7.54. The molecule has 0 aromatic heterocycles. The normalized spacial score (nSPS) is 15.4. The van der Waals surface area contributed by atoms with Crippen LogP contribution in [0.25, 0.3) is 0 Å². The van der Waals surface area contributed by atoms with Crippen LogP contribution in [0.3, 0.4) is 0 Å². The van der Waals surface area contributed by atoms with E-state index in [0.29, 0.717) is 0 Å². The Labute approximate surface area is 137 Å². The number of carbonyl (C=O) groups excluding carboxylic acids is 2. The summed E-state index contributed by atoms with van der Waals surface area (Å²) in [5.41, 5.74) is 0.891. The Kier molecular flexibility index (Phi) is 7.74. The lowest BCUT2D eigenvalue weighted by Gasteiger charge is -2.29. The number of amides is 2. The third-order valence-electron chi connectivity index (χ3n) is 3.64. The van der Waals surface area contributed by atoms with Gasteiger partial charge < -0.3 is 15.5 Å². The lowest BCUT2D eigenvalue weighted by atomic mass is 10.1. The van der Waals surface area contributed by atoms with E-state index in [1.165, 1.54) is 6.42 Å². The van der Waals surface area contributed by atoms with Crippen molar-refractivity contribution in [1.29, 1.82) is 0 Å². The Bertz CT molecular complexity index is 476. The van der Waals surface area contributed by atoms with Crippen LogP contribution in [0.1, 0.15) is 26.2 Å². The van der Waals surface area contributed by atoms with E-state index in [2.05, 4.69) is 10.6 Å². The first kappa shape index (κ1) is 18.3. The third-order valence-corrected chi connectivity index (χ3v) is 3.64. The topological polar surface area (TPSA) is 61.4 Å². The second-order valence-electron chi connectivity index (χ2n) is 5.39. The molecule has 5 nitrogen and oxygen atoms in total. The van der Waals surface area contributed by atoms with E-state index in [-0.39, 0.29) is 30.8 Å². The predicted octanol–water partition coefficient (Wildman–Crippen LogP) is 2.04. The van der Waals surface area contributed by atoms with Gasteiger partial charge in [0.15, 0.2) is 0 Å². The number of carbonyl (C=O) groups is 2. The number of nitrogens with one attached hydrogen (secondary N) is 2. The van der Waals surface area contributed by atoms with E-state index in [1.54, 1.807) is 6.92 Å². The van der Waals surface area contributed by atoms with E-state index in [4.69, 9.17) is 0 Å². The number of para-hydroxylation sites is 1. The van der Waals surface area contributed by atoms with Crippen LogP contribution in [0.2, 0.25) is 0 Å². The van der Waals surface area contributed by atoms with Gasteiger partial charge in [0.2, 0.25) is 11.8 Å². The number of hydrogen-bond donors (Lipinski definition) is 2. The Balaban J connectivity index is 0.00000242. The van der Waals surface area contributed by atoms with E-state index in [1.807, 2.05) is 35.2 Å². The number of hydrogen-bond acceptors (Lipinski definition) is 3. The van der Waals surface area contributed by atoms with Crippen LogP contribution in [-0.4, -0.2) is 42.4 Å². The molecule has 2 N–H and O–H groups in total. The number of rotatable bonds is 5. The van der Waals surface area contributed by atoms with E-state index in [0.717, 1.165) is 31.6 Å². The van der Waals surface area contributed by atoms with Gasteiger partial charge in [-0.3, -0.25) is 9.59 Å². The molecule has 0 aliphatic carbocycles. The molecule has 0 radical (unpaired) electrons. The molecular formula is C16H24ClN3O2. The zero-order valence-electron chi connectivity index (χ0n) is 12.9. The fourth-order valence-corrected chi connectivity index (χ4v) is 2.48. The predicted molar refractivity (Wildman–Crippen MR) is 90.2 cm³/mol.